The van der Waals surface area contributed by atoms with Gasteiger partial charge >= 0.3 is 5.97 Å². The molecule has 3 heterocycles. The molecular formula is C26H21NO8. The molecule has 9 heteroatoms. The summed E-state index contributed by atoms with van der Waals surface area (Å²) in [7, 11) is 1.28. The number of ketones is 1. The summed E-state index contributed by atoms with van der Waals surface area (Å²) in [6.45, 7) is 0.786. The van der Waals surface area contributed by atoms with Crippen LogP contribution in [0, 0.1) is 0 Å². The van der Waals surface area contributed by atoms with Gasteiger partial charge in [-0.2, -0.15) is 0 Å². The summed E-state index contributed by atoms with van der Waals surface area (Å²) in [6.07, 6.45) is 1.47. The molecule has 2 aliphatic rings. The van der Waals surface area contributed by atoms with Gasteiger partial charge in [-0.3, -0.25) is 9.59 Å². The number of nitrogens with zero attached hydrogens (tertiary/aromatic N) is 1. The number of fused-ring (bicyclic) bond motifs is 1. The number of benzene rings is 2. The summed E-state index contributed by atoms with van der Waals surface area (Å²) in [5.41, 5.74) is 1.07. The summed E-state index contributed by atoms with van der Waals surface area (Å²) in [5, 5.41) is 11.3. The van der Waals surface area contributed by atoms with Crippen molar-refractivity contribution in [1.82, 2.24) is 4.90 Å². The molecule has 35 heavy (non-hydrogen) atoms. The topological polar surface area (TPSA) is 116 Å². The fourth-order valence-corrected chi connectivity index (χ4v) is 4.23. The van der Waals surface area contributed by atoms with E-state index in [0.29, 0.717) is 47.2 Å². The van der Waals surface area contributed by atoms with Crippen LogP contribution in [-0.4, -0.2) is 48.0 Å². The number of carbonyl (C=O) groups is 3. The van der Waals surface area contributed by atoms with E-state index in [-0.39, 0.29) is 17.9 Å². The monoisotopic (exact) mass is 475 g/mol. The molecule has 9 nitrogen and oxygen atoms in total. The van der Waals surface area contributed by atoms with Crippen molar-refractivity contribution in [2.24, 2.45) is 0 Å². The minimum atomic E-state index is -0.917. The second kappa shape index (κ2) is 9.02. The minimum absolute atomic E-state index is 0.0128. The molecule has 1 N–H and O–H groups in total. The van der Waals surface area contributed by atoms with Crippen molar-refractivity contribution in [3.05, 3.63) is 88.9 Å². The highest BCUT2D eigenvalue weighted by molar-refractivity contribution is 6.46. The van der Waals surface area contributed by atoms with Crippen molar-refractivity contribution < 1.29 is 38.1 Å². The van der Waals surface area contributed by atoms with Crippen molar-refractivity contribution in [3.63, 3.8) is 0 Å². The molecular weight excluding hydrogens is 454 g/mol. The zero-order valence-corrected chi connectivity index (χ0v) is 18.7. The lowest BCUT2D eigenvalue weighted by atomic mass is 9.94. The summed E-state index contributed by atoms with van der Waals surface area (Å²) >= 11 is 0. The molecule has 1 atom stereocenters. The lowest BCUT2D eigenvalue weighted by molar-refractivity contribution is -0.140. The molecule has 2 aromatic carbocycles. The molecule has 178 valence electrons. The predicted octanol–water partition coefficient (Wildman–Crippen LogP) is 3.46. The zero-order valence-electron chi connectivity index (χ0n) is 18.7. The van der Waals surface area contributed by atoms with E-state index in [0.717, 1.165) is 0 Å². The number of hydrogen-bond donors (Lipinski definition) is 1. The normalized spacial score (nSPS) is 18.5. The van der Waals surface area contributed by atoms with Gasteiger partial charge in [0.1, 0.15) is 24.7 Å². The lowest BCUT2D eigenvalue weighted by Crippen LogP contribution is -2.29. The molecule has 0 radical (unpaired) electrons. The van der Waals surface area contributed by atoms with Crippen LogP contribution in [0.3, 0.4) is 0 Å². The van der Waals surface area contributed by atoms with Gasteiger partial charge in [-0.15, -0.1) is 0 Å². The molecule has 2 aliphatic heterocycles. The van der Waals surface area contributed by atoms with E-state index in [1.165, 1.54) is 30.4 Å². The summed E-state index contributed by atoms with van der Waals surface area (Å²) in [4.78, 5) is 39.5. The number of hydrogen-bond acceptors (Lipinski definition) is 8. The molecule has 0 aliphatic carbocycles. The van der Waals surface area contributed by atoms with Gasteiger partial charge in [-0.05, 0) is 48.0 Å². The Morgan fingerprint density at radius 2 is 1.74 bits per heavy atom. The summed E-state index contributed by atoms with van der Waals surface area (Å²) in [5.74, 6) is -1.03. The fourth-order valence-electron chi connectivity index (χ4n) is 4.23. The Bertz CT molecular complexity index is 1320. The van der Waals surface area contributed by atoms with Crippen molar-refractivity contribution in [2.75, 3.05) is 20.3 Å². The van der Waals surface area contributed by atoms with Gasteiger partial charge in [-0.1, -0.05) is 12.1 Å². The van der Waals surface area contributed by atoms with E-state index in [9.17, 15) is 19.5 Å². The number of carbonyl (C=O) groups excluding carboxylic acids is 3. The average molecular weight is 475 g/mol. The van der Waals surface area contributed by atoms with E-state index in [2.05, 4.69) is 0 Å². The maximum Gasteiger partial charge on any atom is 0.337 e. The van der Waals surface area contributed by atoms with Crippen LogP contribution >= 0.6 is 0 Å². The first-order valence-corrected chi connectivity index (χ1v) is 10.9. The van der Waals surface area contributed by atoms with Crippen LogP contribution < -0.4 is 9.47 Å². The van der Waals surface area contributed by atoms with Gasteiger partial charge < -0.3 is 28.6 Å². The number of furan rings is 1. The van der Waals surface area contributed by atoms with Gasteiger partial charge in [0.25, 0.3) is 11.7 Å². The first-order chi connectivity index (χ1) is 17.0. The van der Waals surface area contributed by atoms with Crippen molar-refractivity contribution in [1.29, 1.82) is 0 Å². The van der Waals surface area contributed by atoms with E-state index in [1.54, 1.807) is 42.5 Å². The van der Waals surface area contributed by atoms with Crippen LogP contribution in [0.1, 0.15) is 33.3 Å². The predicted molar refractivity (Wildman–Crippen MR) is 122 cm³/mol. The molecule has 0 saturated carbocycles. The number of aliphatic hydroxyl groups is 1. The molecule has 1 unspecified atom stereocenters. The second-order valence-corrected chi connectivity index (χ2v) is 7.98. The molecule has 0 bridgehead atoms. The second-order valence-electron chi connectivity index (χ2n) is 7.98. The fraction of sp³-hybridized carbons (Fsp3) is 0.192. The number of ether oxygens (including phenoxy) is 3. The maximum atomic E-state index is 13.2. The Morgan fingerprint density at radius 3 is 2.43 bits per heavy atom. The minimum Gasteiger partial charge on any atom is -0.507 e. The molecule has 1 amide bonds. The van der Waals surface area contributed by atoms with Crippen molar-refractivity contribution in [2.45, 2.75) is 12.6 Å². The first kappa shape index (κ1) is 22.3. The maximum absolute atomic E-state index is 13.2. The summed E-state index contributed by atoms with van der Waals surface area (Å²) in [6, 6.07) is 13.6. The third kappa shape index (κ3) is 4.01. The number of rotatable bonds is 5. The first-order valence-electron chi connectivity index (χ1n) is 10.9. The molecule has 5 rings (SSSR count). The van der Waals surface area contributed by atoms with Crippen LogP contribution in [0.15, 0.2) is 70.9 Å². The Labute approximate surface area is 200 Å². The SMILES string of the molecule is COC(=O)c1ccc(C2C(=C(O)c3ccc4c(c3)OCCO4)C(=O)C(=O)N2Cc2ccco2)cc1. The van der Waals surface area contributed by atoms with Crippen LogP contribution in [0.4, 0.5) is 0 Å². The highest BCUT2D eigenvalue weighted by Gasteiger charge is 2.46. The van der Waals surface area contributed by atoms with Crippen molar-refractivity contribution in [3.8, 4) is 11.5 Å². The average Bonchev–Trinajstić information content (AvgIpc) is 3.50. The Balaban J connectivity index is 1.62. The highest BCUT2D eigenvalue weighted by atomic mass is 16.6. The molecule has 3 aromatic rings. The Kier molecular flexibility index (Phi) is 5.74. The Morgan fingerprint density at radius 1 is 1.03 bits per heavy atom. The highest BCUT2D eigenvalue weighted by Crippen LogP contribution is 2.41. The largest absolute Gasteiger partial charge is 0.507 e. The van der Waals surface area contributed by atoms with Crippen LogP contribution in [0.2, 0.25) is 0 Å². The molecule has 1 fully saturated rings. The lowest BCUT2D eigenvalue weighted by Gasteiger charge is -2.25. The number of aliphatic hydroxyl groups excluding tert-OH is 1. The van der Waals surface area contributed by atoms with Gasteiger partial charge in [0, 0.05) is 5.56 Å². The number of amides is 1. The quantitative estimate of drug-likeness (QED) is 0.258. The molecule has 1 aromatic heterocycles. The number of esters is 1. The van der Waals surface area contributed by atoms with Gasteiger partial charge in [0.2, 0.25) is 0 Å². The van der Waals surface area contributed by atoms with E-state index < -0.39 is 23.7 Å². The van der Waals surface area contributed by atoms with E-state index in [1.807, 2.05) is 0 Å². The van der Waals surface area contributed by atoms with Crippen LogP contribution in [0.25, 0.3) is 5.76 Å². The van der Waals surface area contributed by atoms with E-state index >= 15 is 0 Å². The van der Waals surface area contributed by atoms with Crippen LogP contribution in [0.5, 0.6) is 11.5 Å². The molecule has 0 spiro atoms. The van der Waals surface area contributed by atoms with Gasteiger partial charge in [-0.25, -0.2) is 4.79 Å². The standard InChI is InChI=1S/C26H21NO8/c1-32-26(31)16-6-4-15(5-7-16)22-21(24(29)25(30)27(22)14-18-3-2-10-33-18)23(28)17-8-9-19-20(13-17)35-12-11-34-19/h2-10,13,22,28H,11-12,14H2,1H3. The Hall–Kier alpha value is -4.53. The number of methoxy groups -OCH3 is 1. The number of Topliss-reactive ketones (excluding diaryl/α,β-unsaturated/α-hetero) is 1. The molecule has 1 saturated heterocycles. The van der Waals surface area contributed by atoms with Crippen molar-refractivity contribution >= 4 is 23.4 Å². The third-order valence-electron chi connectivity index (χ3n) is 5.91. The smallest absolute Gasteiger partial charge is 0.337 e. The van der Waals surface area contributed by atoms with Gasteiger partial charge in [0.05, 0.1) is 37.1 Å². The third-order valence-corrected chi connectivity index (χ3v) is 5.91. The summed E-state index contributed by atoms with van der Waals surface area (Å²) < 4.78 is 21.3. The van der Waals surface area contributed by atoms with Gasteiger partial charge in [0.15, 0.2) is 11.5 Å². The van der Waals surface area contributed by atoms with E-state index in [4.69, 9.17) is 18.6 Å². The number of likely N-dealkylation sites (tertiary alicyclic amines) is 1. The zero-order chi connectivity index (χ0) is 24.5. The van der Waals surface area contributed by atoms with Crippen LogP contribution in [-0.2, 0) is 20.9 Å².